The van der Waals surface area contributed by atoms with Crippen LogP contribution in [0.25, 0.3) is 17.0 Å². The van der Waals surface area contributed by atoms with Gasteiger partial charge < -0.3 is 9.88 Å². The van der Waals surface area contributed by atoms with Crippen LogP contribution >= 0.6 is 35.0 Å². The highest BCUT2D eigenvalue weighted by molar-refractivity contribution is 8.18. The van der Waals surface area contributed by atoms with E-state index in [1.54, 1.807) is 24.3 Å². The molecule has 0 unspecified atom stereocenters. The Morgan fingerprint density at radius 2 is 1.73 bits per heavy atom. The lowest BCUT2D eigenvalue weighted by Gasteiger charge is -2.13. The SMILES string of the molecule is O=C(Cn1cc(/C=C2\SC(=O)N(Cc3ccc(Cl)cc3Cl)C2=O)c2ccccc21)NCc1ccccc1. The Balaban J connectivity index is 1.36. The summed E-state index contributed by atoms with van der Waals surface area (Å²) in [6.45, 7) is 0.621. The molecule has 9 heteroatoms. The van der Waals surface area contributed by atoms with Crippen LogP contribution in [-0.4, -0.2) is 26.5 Å². The first-order chi connectivity index (χ1) is 17.9. The van der Waals surface area contributed by atoms with Gasteiger partial charge in [0.25, 0.3) is 11.1 Å². The van der Waals surface area contributed by atoms with E-state index in [0.29, 0.717) is 27.1 Å². The Hall–Kier alpha value is -3.52. The molecule has 37 heavy (non-hydrogen) atoms. The van der Waals surface area contributed by atoms with Gasteiger partial charge >= 0.3 is 0 Å². The van der Waals surface area contributed by atoms with E-state index in [2.05, 4.69) is 5.32 Å². The maximum atomic E-state index is 13.1. The fourth-order valence-corrected chi connectivity index (χ4v) is 5.42. The number of amides is 3. The number of carbonyl (C=O) groups is 3. The molecule has 6 nitrogen and oxygen atoms in total. The molecule has 3 aromatic carbocycles. The molecule has 1 N–H and O–H groups in total. The van der Waals surface area contributed by atoms with Crippen molar-refractivity contribution in [2.75, 3.05) is 0 Å². The monoisotopic (exact) mass is 549 g/mol. The van der Waals surface area contributed by atoms with Crippen LogP contribution in [0.1, 0.15) is 16.7 Å². The Kier molecular flexibility index (Phi) is 7.37. The maximum absolute atomic E-state index is 13.1. The van der Waals surface area contributed by atoms with Gasteiger partial charge in [-0.1, -0.05) is 77.8 Å². The highest BCUT2D eigenvalue weighted by Crippen LogP contribution is 2.36. The van der Waals surface area contributed by atoms with Crippen molar-refractivity contribution in [2.45, 2.75) is 19.6 Å². The third kappa shape index (κ3) is 5.59. The van der Waals surface area contributed by atoms with Gasteiger partial charge in [-0.25, -0.2) is 0 Å². The number of carbonyl (C=O) groups excluding carboxylic acids is 3. The highest BCUT2D eigenvalue weighted by atomic mass is 35.5. The third-order valence-electron chi connectivity index (χ3n) is 5.97. The van der Waals surface area contributed by atoms with Crippen LogP contribution in [-0.2, 0) is 29.2 Å². The van der Waals surface area contributed by atoms with Gasteiger partial charge in [0.05, 0.1) is 11.4 Å². The Morgan fingerprint density at radius 3 is 2.51 bits per heavy atom. The molecule has 1 fully saturated rings. The molecule has 5 rings (SSSR count). The summed E-state index contributed by atoms with van der Waals surface area (Å²) in [5, 5.41) is 4.32. The third-order valence-corrected chi connectivity index (χ3v) is 7.46. The number of nitrogens with one attached hydrogen (secondary N) is 1. The molecular formula is C28H21Cl2N3O3S. The van der Waals surface area contributed by atoms with E-state index in [4.69, 9.17) is 23.2 Å². The molecule has 186 valence electrons. The topological polar surface area (TPSA) is 71.4 Å². The van der Waals surface area contributed by atoms with E-state index in [0.717, 1.165) is 33.8 Å². The number of hydrogen-bond donors (Lipinski definition) is 1. The summed E-state index contributed by atoms with van der Waals surface area (Å²) in [4.78, 5) is 39.9. The quantitative estimate of drug-likeness (QED) is 0.267. The van der Waals surface area contributed by atoms with E-state index in [9.17, 15) is 14.4 Å². The minimum Gasteiger partial charge on any atom is -0.350 e. The minimum atomic E-state index is -0.390. The number of fused-ring (bicyclic) bond motifs is 1. The first-order valence-electron chi connectivity index (χ1n) is 11.5. The summed E-state index contributed by atoms with van der Waals surface area (Å²) in [6.07, 6.45) is 3.53. The number of para-hydroxylation sites is 1. The Morgan fingerprint density at radius 1 is 0.973 bits per heavy atom. The molecule has 0 aliphatic carbocycles. The van der Waals surface area contributed by atoms with Gasteiger partial charge in [-0.3, -0.25) is 19.3 Å². The summed E-state index contributed by atoms with van der Waals surface area (Å²) < 4.78 is 1.85. The zero-order valence-corrected chi connectivity index (χ0v) is 21.8. The first kappa shape index (κ1) is 25.1. The largest absolute Gasteiger partial charge is 0.350 e. The predicted molar refractivity (Wildman–Crippen MR) is 148 cm³/mol. The summed E-state index contributed by atoms with van der Waals surface area (Å²) in [5.74, 6) is -0.519. The molecule has 1 aliphatic rings. The van der Waals surface area contributed by atoms with Crippen molar-refractivity contribution in [2.24, 2.45) is 0 Å². The number of hydrogen-bond acceptors (Lipinski definition) is 4. The van der Waals surface area contributed by atoms with Crippen LogP contribution in [0.2, 0.25) is 10.0 Å². The van der Waals surface area contributed by atoms with Crippen LogP contribution in [0.4, 0.5) is 4.79 Å². The second-order valence-electron chi connectivity index (χ2n) is 8.50. The van der Waals surface area contributed by atoms with Crippen LogP contribution in [0.15, 0.2) is 83.9 Å². The molecule has 0 atom stereocenters. The number of imide groups is 1. The zero-order chi connectivity index (χ0) is 25.9. The smallest absolute Gasteiger partial charge is 0.293 e. The van der Waals surface area contributed by atoms with Crippen molar-refractivity contribution < 1.29 is 14.4 Å². The Bertz CT molecular complexity index is 1550. The summed E-state index contributed by atoms with van der Waals surface area (Å²) in [7, 11) is 0. The fourth-order valence-electron chi connectivity index (χ4n) is 4.13. The van der Waals surface area contributed by atoms with Gasteiger partial charge in [0.1, 0.15) is 6.54 Å². The van der Waals surface area contributed by atoms with Crippen molar-refractivity contribution in [3.05, 3.63) is 111 Å². The van der Waals surface area contributed by atoms with Crippen molar-refractivity contribution in [1.82, 2.24) is 14.8 Å². The Labute approximate surface area is 227 Å². The van der Waals surface area contributed by atoms with Crippen molar-refractivity contribution in [3.8, 4) is 0 Å². The van der Waals surface area contributed by atoms with Gasteiger partial charge in [0, 0.05) is 39.3 Å². The van der Waals surface area contributed by atoms with Crippen LogP contribution in [0.3, 0.4) is 0 Å². The average molecular weight is 550 g/mol. The van der Waals surface area contributed by atoms with Crippen molar-refractivity contribution >= 4 is 69.0 Å². The molecule has 4 aromatic rings. The highest BCUT2D eigenvalue weighted by Gasteiger charge is 2.35. The number of rotatable bonds is 7. The zero-order valence-electron chi connectivity index (χ0n) is 19.5. The van der Waals surface area contributed by atoms with Crippen LogP contribution in [0.5, 0.6) is 0 Å². The predicted octanol–water partition coefficient (Wildman–Crippen LogP) is 6.50. The molecule has 3 amide bonds. The minimum absolute atomic E-state index is 0.0569. The molecule has 0 radical (unpaired) electrons. The molecular weight excluding hydrogens is 529 g/mol. The van der Waals surface area contributed by atoms with Gasteiger partial charge in [-0.15, -0.1) is 0 Å². The molecule has 2 heterocycles. The van der Waals surface area contributed by atoms with Gasteiger partial charge in [-0.05, 0) is 47.2 Å². The lowest BCUT2D eigenvalue weighted by molar-refractivity contribution is -0.123. The molecule has 0 spiro atoms. The molecule has 0 bridgehead atoms. The van der Waals surface area contributed by atoms with Gasteiger partial charge in [-0.2, -0.15) is 0 Å². The maximum Gasteiger partial charge on any atom is 0.293 e. The van der Waals surface area contributed by atoms with E-state index >= 15 is 0 Å². The molecule has 1 aliphatic heterocycles. The number of halogens is 2. The average Bonchev–Trinajstić information content (AvgIpc) is 3.36. The number of thioether (sulfide) groups is 1. The van der Waals surface area contributed by atoms with Crippen molar-refractivity contribution in [1.29, 1.82) is 0 Å². The number of aromatic nitrogens is 1. The second-order valence-corrected chi connectivity index (χ2v) is 10.3. The van der Waals surface area contributed by atoms with Crippen LogP contribution in [0, 0.1) is 0 Å². The molecule has 1 aromatic heterocycles. The van der Waals surface area contributed by atoms with Crippen molar-refractivity contribution in [3.63, 3.8) is 0 Å². The number of nitrogens with zero attached hydrogens (tertiary/aromatic N) is 2. The lowest BCUT2D eigenvalue weighted by atomic mass is 10.1. The van der Waals surface area contributed by atoms with Gasteiger partial charge in [0.2, 0.25) is 5.91 Å². The standard InChI is InChI=1S/C28H21Cl2N3O3S/c29-21-11-10-19(23(30)13-21)16-33-27(35)25(37-28(33)36)12-20-15-32(24-9-5-4-8-22(20)24)17-26(34)31-14-18-6-2-1-3-7-18/h1-13,15H,14,16-17H2,(H,31,34)/b25-12-. The second kappa shape index (κ2) is 10.8. The number of benzene rings is 3. The van der Waals surface area contributed by atoms with Crippen LogP contribution < -0.4 is 5.32 Å². The normalized spacial score (nSPS) is 14.6. The summed E-state index contributed by atoms with van der Waals surface area (Å²) in [6, 6.07) is 22.3. The van der Waals surface area contributed by atoms with E-state index < -0.39 is 5.91 Å². The molecule has 1 saturated heterocycles. The van der Waals surface area contributed by atoms with E-state index in [1.807, 2.05) is 65.4 Å². The van der Waals surface area contributed by atoms with E-state index in [-0.39, 0.29) is 24.2 Å². The lowest BCUT2D eigenvalue weighted by Crippen LogP contribution is -2.27. The summed E-state index contributed by atoms with van der Waals surface area (Å²) in [5.41, 5.74) is 3.26. The van der Waals surface area contributed by atoms with Gasteiger partial charge in [0.15, 0.2) is 0 Å². The fraction of sp³-hybridized carbons (Fsp3) is 0.107. The first-order valence-corrected chi connectivity index (χ1v) is 13.0. The van der Waals surface area contributed by atoms with E-state index in [1.165, 1.54) is 4.90 Å². The molecule has 0 saturated carbocycles. The summed E-state index contributed by atoms with van der Waals surface area (Å²) >= 11 is 13.1.